The molecule has 160 valence electrons. The van der Waals surface area contributed by atoms with Crippen LogP contribution in [0.3, 0.4) is 0 Å². The van der Waals surface area contributed by atoms with Gasteiger partial charge in [0.25, 0.3) is 11.8 Å². The van der Waals surface area contributed by atoms with Crippen molar-refractivity contribution in [2.75, 3.05) is 0 Å². The van der Waals surface area contributed by atoms with Crippen molar-refractivity contribution in [3.8, 4) is 11.6 Å². The third-order valence-corrected chi connectivity index (χ3v) is 5.08. The molecule has 1 N–H and O–H groups in total. The molecule has 0 aromatic carbocycles. The van der Waals surface area contributed by atoms with E-state index in [4.69, 9.17) is 4.42 Å². The number of rotatable bonds is 5. The zero-order valence-electron chi connectivity index (χ0n) is 17.0. The number of nitrogens with zero attached hydrogens (tertiary/aromatic N) is 5. The molecule has 1 atom stereocenters. The predicted octanol–water partition coefficient (Wildman–Crippen LogP) is 2.71. The predicted molar refractivity (Wildman–Crippen MR) is 98.5 cm³/mol. The third-order valence-electron chi connectivity index (χ3n) is 5.08. The summed E-state index contributed by atoms with van der Waals surface area (Å²) >= 11 is 0. The van der Waals surface area contributed by atoms with Gasteiger partial charge in [0.1, 0.15) is 11.6 Å². The lowest BCUT2D eigenvalue weighted by molar-refractivity contribution is -0.720. The molecule has 30 heavy (non-hydrogen) atoms. The van der Waals surface area contributed by atoms with Gasteiger partial charge in [0.2, 0.25) is 0 Å². The molecule has 1 aliphatic carbocycles. The molecule has 0 spiro atoms. The average Bonchev–Trinajstić information content (AvgIpc) is 3.26. The standard InChI is InChI=1S/C19H21F3N6O2/c1-9(2)17-26-27(4)18(30-17)13-7-10(3)28-15(24-13)12(8-23-28)16(29)25-14(11-5-6-11)19(20,21)22/h7-9,11,14H,5-6H2,1-4H3/p+1/t14-/m1/s1. The minimum absolute atomic E-state index is 0.0268. The number of fused-ring (bicyclic) bond motifs is 1. The summed E-state index contributed by atoms with van der Waals surface area (Å²) in [6.07, 6.45) is -2.38. The minimum Gasteiger partial charge on any atom is -0.380 e. The molecule has 0 aliphatic heterocycles. The van der Waals surface area contributed by atoms with E-state index in [0.29, 0.717) is 36.0 Å². The molecule has 11 heteroatoms. The van der Waals surface area contributed by atoms with Crippen LogP contribution < -0.4 is 10.00 Å². The first-order valence-corrected chi connectivity index (χ1v) is 9.66. The number of alkyl halides is 3. The largest absolute Gasteiger partial charge is 0.426 e. The van der Waals surface area contributed by atoms with Crippen LogP contribution in [-0.4, -0.2) is 37.8 Å². The highest BCUT2D eigenvalue weighted by Crippen LogP contribution is 2.40. The van der Waals surface area contributed by atoms with Crippen LogP contribution in [0.4, 0.5) is 13.2 Å². The molecule has 0 unspecified atom stereocenters. The quantitative estimate of drug-likeness (QED) is 0.638. The second-order valence-corrected chi connectivity index (χ2v) is 7.93. The molecule has 3 aromatic heterocycles. The summed E-state index contributed by atoms with van der Waals surface area (Å²) in [6.45, 7) is 5.64. The third kappa shape index (κ3) is 3.63. The molecule has 1 aliphatic rings. The van der Waals surface area contributed by atoms with Crippen molar-refractivity contribution in [3.05, 3.63) is 29.4 Å². The van der Waals surface area contributed by atoms with E-state index in [1.54, 1.807) is 20.0 Å². The summed E-state index contributed by atoms with van der Waals surface area (Å²) < 4.78 is 48.7. The molecule has 8 nitrogen and oxygen atoms in total. The van der Waals surface area contributed by atoms with Gasteiger partial charge >= 0.3 is 12.1 Å². The van der Waals surface area contributed by atoms with Crippen LogP contribution in [-0.2, 0) is 7.05 Å². The van der Waals surface area contributed by atoms with Crippen LogP contribution in [0.15, 0.2) is 16.7 Å². The molecule has 3 heterocycles. The molecule has 1 amide bonds. The second-order valence-electron chi connectivity index (χ2n) is 7.93. The van der Waals surface area contributed by atoms with Crippen molar-refractivity contribution in [1.82, 2.24) is 25.0 Å². The van der Waals surface area contributed by atoms with Crippen LogP contribution in [0.2, 0.25) is 0 Å². The maximum Gasteiger partial charge on any atom is 0.426 e. The van der Waals surface area contributed by atoms with Crippen molar-refractivity contribution < 1.29 is 27.1 Å². The summed E-state index contributed by atoms with van der Waals surface area (Å²) in [5.74, 6) is -0.469. The van der Waals surface area contributed by atoms with Gasteiger partial charge < -0.3 is 9.73 Å². The number of carbonyl (C=O) groups excluding carboxylic acids is 1. The summed E-state index contributed by atoms with van der Waals surface area (Å²) in [5.41, 5.74) is 1.18. The zero-order chi connectivity index (χ0) is 21.8. The van der Waals surface area contributed by atoms with E-state index in [0.717, 1.165) is 0 Å². The van der Waals surface area contributed by atoms with Gasteiger partial charge in [0, 0.05) is 16.7 Å². The number of aryl methyl sites for hydroxylation is 2. The van der Waals surface area contributed by atoms with Gasteiger partial charge in [-0.05, 0) is 36.4 Å². The Labute approximate surface area is 170 Å². The Kier molecular flexibility index (Phi) is 4.78. The highest BCUT2D eigenvalue weighted by molar-refractivity contribution is 6.00. The number of carbonyl (C=O) groups is 1. The van der Waals surface area contributed by atoms with Gasteiger partial charge in [-0.3, -0.25) is 4.79 Å². The van der Waals surface area contributed by atoms with E-state index in [2.05, 4.69) is 20.5 Å². The van der Waals surface area contributed by atoms with Crippen LogP contribution in [0.5, 0.6) is 0 Å². The highest BCUT2D eigenvalue weighted by Gasteiger charge is 2.49. The maximum absolute atomic E-state index is 13.3. The topological polar surface area (TPSA) is 89.2 Å². The fraction of sp³-hybridized carbons (Fsp3) is 0.526. The molecule has 0 saturated heterocycles. The molecule has 1 saturated carbocycles. The fourth-order valence-electron chi connectivity index (χ4n) is 3.33. The lowest BCUT2D eigenvalue weighted by atomic mass is 10.1. The van der Waals surface area contributed by atoms with Crippen LogP contribution >= 0.6 is 0 Å². The normalized spacial score (nSPS) is 15.7. The zero-order valence-corrected chi connectivity index (χ0v) is 17.0. The van der Waals surface area contributed by atoms with Gasteiger partial charge in [-0.2, -0.15) is 18.3 Å². The SMILES string of the molecule is Cc1cc(-c2oc(C(C)C)n[n+]2C)nc2c(C(=O)N[C@H](C3CC3)C(F)(F)F)cnn12. The van der Waals surface area contributed by atoms with Gasteiger partial charge in [-0.25, -0.2) is 9.50 Å². The first kappa shape index (κ1) is 20.3. The Bertz CT molecular complexity index is 1110. The Balaban J connectivity index is 1.73. The Morgan fingerprint density at radius 1 is 1.37 bits per heavy atom. The van der Waals surface area contributed by atoms with Crippen LogP contribution in [0.25, 0.3) is 17.2 Å². The number of aromatic nitrogens is 5. The number of amides is 1. The average molecular weight is 423 g/mol. The first-order valence-electron chi connectivity index (χ1n) is 9.66. The van der Waals surface area contributed by atoms with E-state index >= 15 is 0 Å². The fourth-order valence-corrected chi connectivity index (χ4v) is 3.33. The van der Waals surface area contributed by atoms with E-state index < -0.39 is 24.0 Å². The number of halogens is 3. The van der Waals surface area contributed by atoms with E-state index in [9.17, 15) is 18.0 Å². The van der Waals surface area contributed by atoms with Gasteiger partial charge in [-0.15, -0.1) is 0 Å². The molecular formula is C19H22F3N6O2+. The van der Waals surface area contributed by atoms with Crippen LogP contribution in [0, 0.1) is 12.8 Å². The lowest BCUT2D eigenvalue weighted by Gasteiger charge is -2.20. The van der Waals surface area contributed by atoms with E-state index in [1.165, 1.54) is 15.4 Å². The monoisotopic (exact) mass is 423 g/mol. The molecule has 3 aromatic rings. The van der Waals surface area contributed by atoms with Gasteiger partial charge in [0.05, 0.1) is 6.20 Å². The summed E-state index contributed by atoms with van der Waals surface area (Å²) in [5, 5.41) is 10.6. The van der Waals surface area contributed by atoms with Crippen molar-refractivity contribution in [1.29, 1.82) is 0 Å². The van der Waals surface area contributed by atoms with Crippen molar-refractivity contribution in [3.63, 3.8) is 0 Å². The van der Waals surface area contributed by atoms with Gasteiger partial charge in [-0.1, -0.05) is 13.8 Å². The van der Waals surface area contributed by atoms with Crippen molar-refractivity contribution >= 4 is 11.6 Å². The minimum atomic E-state index is -4.50. The van der Waals surface area contributed by atoms with Crippen LogP contribution in [0.1, 0.15) is 54.5 Å². The maximum atomic E-state index is 13.3. The Morgan fingerprint density at radius 3 is 2.63 bits per heavy atom. The highest BCUT2D eigenvalue weighted by atomic mass is 19.4. The summed E-state index contributed by atoms with van der Waals surface area (Å²) in [4.78, 5) is 17.1. The smallest absolute Gasteiger partial charge is 0.380 e. The van der Waals surface area contributed by atoms with Crippen molar-refractivity contribution in [2.45, 2.75) is 51.7 Å². The first-order chi connectivity index (χ1) is 14.1. The molecule has 0 radical (unpaired) electrons. The second kappa shape index (κ2) is 7.06. The molecule has 4 rings (SSSR count). The van der Waals surface area contributed by atoms with Crippen molar-refractivity contribution in [2.24, 2.45) is 13.0 Å². The van der Waals surface area contributed by atoms with E-state index in [1.807, 2.05) is 13.8 Å². The summed E-state index contributed by atoms with van der Waals surface area (Å²) in [6, 6.07) is -0.153. The molecule has 1 fully saturated rings. The Morgan fingerprint density at radius 2 is 2.07 bits per heavy atom. The number of hydrogen-bond donors (Lipinski definition) is 1. The molecular weight excluding hydrogens is 401 g/mol. The molecule has 0 bridgehead atoms. The summed E-state index contributed by atoms with van der Waals surface area (Å²) in [7, 11) is 1.71. The number of nitrogens with one attached hydrogen (secondary N) is 1. The Hall–Kier alpha value is -2.98. The number of hydrogen-bond acceptors (Lipinski definition) is 5. The lowest BCUT2D eigenvalue weighted by Crippen LogP contribution is -2.46. The van der Waals surface area contributed by atoms with E-state index in [-0.39, 0.29) is 17.1 Å². The van der Waals surface area contributed by atoms with Gasteiger partial charge in [0.15, 0.2) is 18.4 Å².